The molecule has 0 amide bonds. The number of aliphatic imine (C=N–C) groups is 1. The van der Waals surface area contributed by atoms with Crippen molar-refractivity contribution in [2.24, 2.45) is 4.99 Å². The average Bonchev–Trinajstić information content (AvgIpc) is 2.44. The number of nitrogens with one attached hydrogen (secondary N) is 1. The Morgan fingerprint density at radius 2 is 2.10 bits per heavy atom. The second-order valence-corrected chi connectivity index (χ2v) is 5.84. The van der Waals surface area contributed by atoms with Crippen LogP contribution in [0.2, 0.25) is 5.02 Å². The molecule has 0 saturated heterocycles. The van der Waals surface area contributed by atoms with Crippen LogP contribution in [-0.4, -0.2) is 23.6 Å². The summed E-state index contributed by atoms with van der Waals surface area (Å²) in [5.41, 5.74) is 3.18. The number of aliphatic hydroxyl groups excluding tert-OH is 1. The number of rotatable bonds is 2. The van der Waals surface area contributed by atoms with Gasteiger partial charge in [0.15, 0.2) is 0 Å². The fourth-order valence-corrected chi connectivity index (χ4v) is 2.44. The van der Waals surface area contributed by atoms with Gasteiger partial charge in [-0.05, 0) is 50.5 Å². The lowest BCUT2D eigenvalue weighted by Gasteiger charge is -2.20. The molecule has 2 rings (SSSR count). The monoisotopic (exact) mass is 312 g/mol. The standard InChI is InChI=1S/C15H18Cl2N2O/c1-9-3-4-11-7-12(16)5-6-13(11)19-15(14(9)17)18-10(2)8-20/h5-7,10,20H,3-4,8H2,1-2H3,(H,18,19). The third kappa shape index (κ3) is 3.54. The number of benzene rings is 1. The molecule has 108 valence electrons. The minimum atomic E-state index is -0.200. The van der Waals surface area contributed by atoms with Crippen LogP contribution in [0.4, 0.5) is 5.69 Å². The van der Waals surface area contributed by atoms with Crippen molar-refractivity contribution in [2.45, 2.75) is 32.7 Å². The molecule has 2 N–H and O–H groups in total. The number of hydrogen-bond acceptors (Lipinski definition) is 2. The Morgan fingerprint density at radius 1 is 1.35 bits per heavy atom. The number of aryl methyl sites for hydroxylation is 1. The molecule has 20 heavy (non-hydrogen) atoms. The lowest BCUT2D eigenvalue weighted by Crippen LogP contribution is -2.20. The van der Waals surface area contributed by atoms with Crippen molar-refractivity contribution in [2.75, 3.05) is 11.9 Å². The molecule has 5 heteroatoms. The number of allylic oxidation sites excluding steroid dienone is 1. The van der Waals surface area contributed by atoms with E-state index in [-0.39, 0.29) is 12.6 Å². The largest absolute Gasteiger partial charge is 0.394 e. The molecule has 1 atom stereocenters. The van der Waals surface area contributed by atoms with Crippen LogP contribution in [0.3, 0.4) is 0 Å². The van der Waals surface area contributed by atoms with Crippen LogP contribution in [0.25, 0.3) is 0 Å². The number of anilines is 1. The Bertz CT molecular complexity index is 567. The topological polar surface area (TPSA) is 44.6 Å². The van der Waals surface area contributed by atoms with Gasteiger partial charge in [-0.15, -0.1) is 0 Å². The van der Waals surface area contributed by atoms with Crippen molar-refractivity contribution in [3.05, 3.63) is 39.4 Å². The SMILES string of the molecule is CC1=C(Cl)C(=NC(C)CO)Nc2ccc(Cl)cc2CC1. The normalized spacial score (nSPS) is 19.1. The third-order valence-corrected chi connectivity index (χ3v) is 4.02. The molecular weight excluding hydrogens is 295 g/mol. The summed E-state index contributed by atoms with van der Waals surface area (Å²) >= 11 is 12.4. The molecule has 1 aromatic carbocycles. The lowest BCUT2D eigenvalue weighted by atomic mass is 10.0. The van der Waals surface area contributed by atoms with Crippen molar-refractivity contribution >= 4 is 34.7 Å². The van der Waals surface area contributed by atoms with Gasteiger partial charge in [-0.3, -0.25) is 4.99 Å². The summed E-state index contributed by atoms with van der Waals surface area (Å²) in [6.45, 7) is 3.83. The van der Waals surface area contributed by atoms with Crippen molar-refractivity contribution in [3.63, 3.8) is 0 Å². The van der Waals surface area contributed by atoms with E-state index in [0.29, 0.717) is 10.9 Å². The molecule has 1 aliphatic rings. The van der Waals surface area contributed by atoms with Crippen LogP contribution >= 0.6 is 23.2 Å². The molecule has 0 bridgehead atoms. The Balaban J connectivity index is 2.43. The minimum absolute atomic E-state index is 0.0120. The smallest absolute Gasteiger partial charge is 0.144 e. The molecule has 3 nitrogen and oxygen atoms in total. The Kier molecular flexibility index (Phi) is 5.08. The molecule has 1 aliphatic heterocycles. The van der Waals surface area contributed by atoms with E-state index in [0.717, 1.165) is 34.7 Å². The van der Waals surface area contributed by atoms with Crippen molar-refractivity contribution in [1.29, 1.82) is 0 Å². The first kappa shape index (κ1) is 15.4. The van der Waals surface area contributed by atoms with Gasteiger partial charge < -0.3 is 10.4 Å². The summed E-state index contributed by atoms with van der Waals surface area (Å²) in [6, 6.07) is 5.53. The van der Waals surface area contributed by atoms with Gasteiger partial charge in [0.1, 0.15) is 5.84 Å². The van der Waals surface area contributed by atoms with E-state index in [2.05, 4.69) is 10.3 Å². The quantitative estimate of drug-likeness (QED) is 0.867. The molecule has 0 saturated carbocycles. The van der Waals surface area contributed by atoms with Crippen LogP contribution in [0.1, 0.15) is 25.8 Å². The maximum atomic E-state index is 9.16. The Labute approximate surface area is 129 Å². The zero-order valence-corrected chi connectivity index (χ0v) is 13.1. The number of halogens is 2. The molecule has 0 aliphatic carbocycles. The van der Waals surface area contributed by atoms with Crippen LogP contribution in [0.5, 0.6) is 0 Å². The van der Waals surface area contributed by atoms with Crippen molar-refractivity contribution in [1.82, 2.24) is 0 Å². The molecule has 1 unspecified atom stereocenters. The van der Waals surface area contributed by atoms with E-state index in [9.17, 15) is 0 Å². The highest BCUT2D eigenvalue weighted by atomic mass is 35.5. The van der Waals surface area contributed by atoms with Crippen LogP contribution < -0.4 is 5.32 Å². The van der Waals surface area contributed by atoms with E-state index >= 15 is 0 Å². The Hall–Kier alpha value is -1.03. The predicted molar refractivity (Wildman–Crippen MR) is 85.9 cm³/mol. The Morgan fingerprint density at radius 3 is 2.80 bits per heavy atom. The maximum absolute atomic E-state index is 9.16. The van der Waals surface area contributed by atoms with E-state index in [4.69, 9.17) is 28.3 Å². The van der Waals surface area contributed by atoms with Gasteiger partial charge in [0, 0.05) is 10.7 Å². The van der Waals surface area contributed by atoms with Gasteiger partial charge in [0.2, 0.25) is 0 Å². The van der Waals surface area contributed by atoms with Crippen molar-refractivity contribution in [3.8, 4) is 0 Å². The molecule has 0 fully saturated rings. The minimum Gasteiger partial charge on any atom is -0.394 e. The number of fused-ring (bicyclic) bond motifs is 1. The molecule has 1 aromatic rings. The van der Waals surface area contributed by atoms with Gasteiger partial charge in [-0.2, -0.15) is 0 Å². The summed E-state index contributed by atoms with van der Waals surface area (Å²) in [5, 5.41) is 13.8. The second kappa shape index (κ2) is 6.61. The van der Waals surface area contributed by atoms with E-state index < -0.39 is 0 Å². The van der Waals surface area contributed by atoms with Crippen LogP contribution in [-0.2, 0) is 6.42 Å². The first-order chi connectivity index (χ1) is 9.51. The highest BCUT2D eigenvalue weighted by molar-refractivity contribution is 6.45. The average molecular weight is 313 g/mol. The van der Waals surface area contributed by atoms with E-state index in [1.807, 2.05) is 32.0 Å². The molecule has 0 aromatic heterocycles. The first-order valence-electron chi connectivity index (χ1n) is 6.61. The highest BCUT2D eigenvalue weighted by Crippen LogP contribution is 2.28. The zero-order valence-electron chi connectivity index (χ0n) is 11.6. The second-order valence-electron chi connectivity index (χ2n) is 5.03. The van der Waals surface area contributed by atoms with Gasteiger partial charge in [0.25, 0.3) is 0 Å². The highest BCUT2D eigenvalue weighted by Gasteiger charge is 2.16. The summed E-state index contributed by atoms with van der Waals surface area (Å²) in [7, 11) is 0. The number of hydrogen-bond donors (Lipinski definition) is 2. The fourth-order valence-electron chi connectivity index (χ4n) is 2.06. The van der Waals surface area contributed by atoms with E-state index in [1.54, 1.807) is 0 Å². The van der Waals surface area contributed by atoms with Gasteiger partial charge in [-0.1, -0.05) is 28.8 Å². The lowest BCUT2D eigenvalue weighted by molar-refractivity contribution is 0.274. The summed E-state index contributed by atoms with van der Waals surface area (Å²) in [6.07, 6.45) is 1.74. The van der Waals surface area contributed by atoms with Crippen LogP contribution in [0, 0.1) is 0 Å². The number of amidine groups is 1. The molecule has 1 heterocycles. The predicted octanol–water partition coefficient (Wildman–Crippen LogP) is 3.99. The summed E-state index contributed by atoms with van der Waals surface area (Å²) < 4.78 is 0. The maximum Gasteiger partial charge on any atom is 0.144 e. The fraction of sp³-hybridized carbons (Fsp3) is 0.400. The first-order valence-corrected chi connectivity index (χ1v) is 7.36. The summed E-state index contributed by atoms with van der Waals surface area (Å²) in [5.74, 6) is 0.606. The zero-order chi connectivity index (χ0) is 14.7. The third-order valence-electron chi connectivity index (χ3n) is 3.29. The number of nitrogens with zero attached hydrogens (tertiary/aromatic N) is 1. The van der Waals surface area contributed by atoms with Crippen molar-refractivity contribution < 1.29 is 5.11 Å². The molecule has 0 radical (unpaired) electrons. The molecular formula is C15H18Cl2N2O. The van der Waals surface area contributed by atoms with Gasteiger partial charge >= 0.3 is 0 Å². The molecule has 0 spiro atoms. The van der Waals surface area contributed by atoms with Gasteiger partial charge in [0.05, 0.1) is 17.7 Å². The van der Waals surface area contributed by atoms with Gasteiger partial charge in [-0.25, -0.2) is 0 Å². The van der Waals surface area contributed by atoms with E-state index in [1.165, 1.54) is 0 Å². The van der Waals surface area contributed by atoms with Crippen LogP contribution in [0.15, 0.2) is 33.8 Å². The number of aliphatic hydroxyl groups is 1. The summed E-state index contributed by atoms with van der Waals surface area (Å²) in [4.78, 5) is 4.44.